The van der Waals surface area contributed by atoms with Gasteiger partial charge in [0.05, 0.1) is 0 Å². The van der Waals surface area contributed by atoms with Gasteiger partial charge in [0.2, 0.25) is 6.79 Å². The van der Waals surface area contributed by atoms with E-state index >= 15 is 0 Å². The van der Waals surface area contributed by atoms with E-state index in [2.05, 4.69) is 55.6 Å². The molecule has 184 valence electrons. The molecule has 1 aliphatic rings. The molecule has 0 unspecified atom stereocenters. The third-order valence-corrected chi connectivity index (χ3v) is 5.80. The standard InChI is InChI=1S/C29H33NO5/c1-4-26(23-10-15-27-28(18-23)35-20-34-27)29(22-8-13-25(14-9-22)33-19-31-3)21-6-11-24(12-7-21)32-17-16-30-5-2/h6-15,18,30H,4-5,16-17,19-20H2,1-3H3/b29-26+. The quantitative estimate of drug-likeness (QED) is 0.204. The Morgan fingerprint density at radius 3 is 2.06 bits per heavy atom. The predicted octanol–water partition coefficient (Wildman–Crippen LogP) is 5.76. The van der Waals surface area contributed by atoms with Gasteiger partial charge in [-0.1, -0.05) is 44.2 Å². The maximum absolute atomic E-state index is 5.89. The fourth-order valence-electron chi connectivity index (χ4n) is 4.11. The van der Waals surface area contributed by atoms with Gasteiger partial charge in [-0.3, -0.25) is 0 Å². The summed E-state index contributed by atoms with van der Waals surface area (Å²) in [6, 6.07) is 22.6. The van der Waals surface area contributed by atoms with E-state index in [4.69, 9.17) is 23.7 Å². The van der Waals surface area contributed by atoms with Crippen LogP contribution in [-0.2, 0) is 4.74 Å². The molecule has 0 radical (unpaired) electrons. The maximum Gasteiger partial charge on any atom is 0.231 e. The van der Waals surface area contributed by atoms with E-state index in [1.54, 1.807) is 7.11 Å². The Kier molecular flexibility index (Phi) is 8.65. The monoisotopic (exact) mass is 475 g/mol. The van der Waals surface area contributed by atoms with Crippen LogP contribution in [0.3, 0.4) is 0 Å². The lowest BCUT2D eigenvalue weighted by atomic mass is 9.88. The number of benzene rings is 3. The molecule has 6 nitrogen and oxygen atoms in total. The van der Waals surface area contributed by atoms with Crippen molar-refractivity contribution in [3.63, 3.8) is 0 Å². The van der Waals surface area contributed by atoms with Crippen molar-refractivity contribution in [2.45, 2.75) is 20.3 Å². The predicted molar refractivity (Wildman–Crippen MR) is 138 cm³/mol. The molecule has 1 heterocycles. The number of fused-ring (bicyclic) bond motifs is 1. The zero-order valence-electron chi connectivity index (χ0n) is 20.6. The Hall–Kier alpha value is -3.48. The number of likely N-dealkylation sites (N-methyl/N-ethyl adjacent to an activating group) is 1. The molecular formula is C29H33NO5. The van der Waals surface area contributed by atoms with Crippen LogP contribution >= 0.6 is 0 Å². The Labute approximate surface area is 207 Å². The Bertz CT molecular complexity index is 1120. The minimum atomic E-state index is 0.217. The van der Waals surface area contributed by atoms with Crippen molar-refractivity contribution in [1.29, 1.82) is 0 Å². The van der Waals surface area contributed by atoms with Crippen LogP contribution in [0.4, 0.5) is 0 Å². The van der Waals surface area contributed by atoms with Crippen molar-refractivity contribution in [3.8, 4) is 23.0 Å². The average molecular weight is 476 g/mol. The second kappa shape index (κ2) is 12.3. The van der Waals surface area contributed by atoms with Gasteiger partial charge in [-0.15, -0.1) is 0 Å². The normalized spacial score (nSPS) is 12.9. The molecule has 1 aliphatic heterocycles. The number of allylic oxidation sites excluding steroid dienone is 1. The summed E-state index contributed by atoms with van der Waals surface area (Å²) in [4.78, 5) is 0. The third-order valence-electron chi connectivity index (χ3n) is 5.80. The van der Waals surface area contributed by atoms with Crippen molar-refractivity contribution >= 4 is 11.1 Å². The van der Waals surface area contributed by atoms with Gasteiger partial charge in [0.15, 0.2) is 18.3 Å². The fourth-order valence-corrected chi connectivity index (χ4v) is 4.11. The number of rotatable bonds is 12. The van der Waals surface area contributed by atoms with Gasteiger partial charge in [-0.2, -0.15) is 0 Å². The molecule has 0 aliphatic carbocycles. The summed E-state index contributed by atoms with van der Waals surface area (Å²) >= 11 is 0. The van der Waals surface area contributed by atoms with E-state index in [1.807, 2.05) is 30.3 Å². The molecule has 4 rings (SSSR count). The fraction of sp³-hybridized carbons (Fsp3) is 0.310. The van der Waals surface area contributed by atoms with Crippen LogP contribution in [0.25, 0.3) is 11.1 Å². The van der Waals surface area contributed by atoms with E-state index in [-0.39, 0.29) is 13.6 Å². The number of methoxy groups -OCH3 is 1. The summed E-state index contributed by atoms with van der Waals surface area (Å²) in [6.07, 6.45) is 0.845. The Balaban J connectivity index is 1.72. The molecule has 0 fully saturated rings. The van der Waals surface area contributed by atoms with Crippen LogP contribution in [0.5, 0.6) is 23.0 Å². The molecule has 35 heavy (non-hydrogen) atoms. The highest BCUT2D eigenvalue weighted by Crippen LogP contribution is 2.40. The van der Waals surface area contributed by atoms with Gasteiger partial charge in [-0.25, -0.2) is 0 Å². The van der Waals surface area contributed by atoms with Crippen LogP contribution in [0, 0.1) is 0 Å². The maximum atomic E-state index is 5.89. The molecule has 0 bridgehead atoms. The topological polar surface area (TPSA) is 58.2 Å². The van der Waals surface area contributed by atoms with Crippen molar-refractivity contribution in [2.24, 2.45) is 0 Å². The largest absolute Gasteiger partial charge is 0.492 e. The van der Waals surface area contributed by atoms with Crippen molar-refractivity contribution in [3.05, 3.63) is 83.4 Å². The first-order valence-electron chi connectivity index (χ1n) is 12.0. The second-order valence-electron chi connectivity index (χ2n) is 8.08. The van der Waals surface area contributed by atoms with Gasteiger partial charge in [-0.05, 0) is 77.2 Å². The van der Waals surface area contributed by atoms with E-state index in [1.165, 1.54) is 5.57 Å². The van der Waals surface area contributed by atoms with Crippen LogP contribution in [0.15, 0.2) is 66.7 Å². The molecule has 0 saturated carbocycles. The van der Waals surface area contributed by atoms with Crippen molar-refractivity contribution < 1.29 is 23.7 Å². The number of hydrogen-bond donors (Lipinski definition) is 1. The first kappa shape index (κ1) is 24.6. The highest BCUT2D eigenvalue weighted by atomic mass is 16.7. The van der Waals surface area contributed by atoms with Crippen molar-refractivity contribution in [1.82, 2.24) is 5.32 Å². The molecule has 0 aromatic heterocycles. The van der Waals surface area contributed by atoms with Gasteiger partial charge in [0, 0.05) is 13.7 Å². The lowest BCUT2D eigenvalue weighted by Gasteiger charge is -2.17. The number of ether oxygens (including phenoxy) is 5. The Morgan fingerprint density at radius 2 is 1.43 bits per heavy atom. The zero-order valence-corrected chi connectivity index (χ0v) is 20.6. The Morgan fingerprint density at radius 1 is 0.800 bits per heavy atom. The molecule has 0 atom stereocenters. The lowest BCUT2D eigenvalue weighted by Crippen LogP contribution is -2.20. The molecule has 0 saturated heterocycles. The van der Waals surface area contributed by atoms with Crippen LogP contribution in [0.2, 0.25) is 0 Å². The summed E-state index contributed by atoms with van der Waals surface area (Å²) in [5, 5.41) is 3.28. The van der Waals surface area contributed by atoms with Gasteiger partial charge >= 0.3 is 0 Å². The molecule has 0 spiro atoms. The average Bonchev–Trinajstić information content (AvgIpc) is 3.37. The van der Waals surface area contributed by atoms with Crippen LogP contribution < -0.4 is 24.3 Å². The van der Waals surface area contributed by atoms with E-state index in [9.17, 15) is 0 Å². The minimum absolute atomic E-state index is 0.217. The van der Waals surface area contributed by atoms with E-state index in [0.717, 1.165) is 64.8 Å². The van der Waals surface area contributed by atoms with Crippen LogP contribution in [-0.4, -0.2) is 40.4 Å². The highest BCUT2D eigenvalue weighted by molar-refractivity contribution is 5.99. The number of nitrogens with one attached hydrogen (secondary N) is 1. The molecule has 0 amide bonds. The lowest BCUT2D eigenvalue weighted by molar-refractivity contribution is 0.0511. The molecule has 3 aromatic carbocycles. The SMILES string of the molecule is CCNCCOc1ccc(/C(=C(/CC)c2ccc3c(c2)OCO3)c2ccc(OCOC)cc2)cc1. The third kappa shape index (κ3) is 6.15. The summed E-state index contributed by atoms with van der Waals surface area (Å²) in [7, 11) is 1.61. The summed E-state index contributed by atoms with van der Waals surface area (Å²) in [5.41, 5.74) is 5.70. The first-order valence-corrected chi connectivity index (χ1v) is 12.0. The molecule has 6 heteroatoms. The molecule has 3 aromatic rings. The van der Waals surface area contributed by atoms with E-state index < -0.39 is 0 Å². The first-order chi connectivity index (χ1) is 17.2. The van der Waals surface area contributed by atoms with Gasteiger partial charge in [0.25, 0.3) is 0 Å². The van der Waals surface area contributed by atoms with Gasteiger partial charge < -0.3 is 29.0 Å². The second-order valence-corrected chi connectivity index (χ2v) is 8.08. The minimum Gasteiger partial charge on any atom is -0.492 e. The summed E-state index contributed by atoms with van der Waals surface area (Å²) in [5.74, 6) is 3.18. The summed E-state index contributed by atoms with van der Waals surface area (Å²) in [6.45, 7) is 7.13. The van der Waals surface area contributed by atoms with Crippen molar-refractivity contribution in [2.75, 3.05) is 40.4 Å². The highest BCUT2D eigenvalue weighted by Gasteiger charge is 2.18. The molecular weight excluding hydrogens is 442 g/mol. The zero-order chi connectivity index (χ0) is 24.5. The smallest absolute Gasteiger partial charge is 0.231 e. The van der Waals surface area contributed by atoms with E-state index in [0.29, 0.717) is 6.61 Å². The van der Waals surface area contributed by atoms with Gasteiger partial charge in [0.1, 0.15) is 18.1 Å². The summed E-state index contributed by atoms with van der Waals surface area (Å²) < 4.78 is 27.7. The molecule has 1 N–H and O–H groups in total. The number of hydrogen-bond acceptors (Lipinski definition) is 6. The van der Waals surface area contributed by atoms with Crippen LogP contribution in [0.1, 0.15) is 37.0 Å².